The predicted octanol–water partition coefficient (Wildman–Crippen LogP) is 3.17. The van der Waals surface area contributed by atoms with Gasteiger partial charge in [-0.25, -0.2) is 4.98 Å². The van der Waals surface area contributed by atoms with Gasteiger partial charge in [0.2, 0.25) is 0 Å². The molecule has 6 nitrogen and oxygen atoms in total. The maximum Gasteiger partial charge on any atom is 0.255 e. The van der Waals surface area contributed by atoms with E-state index < -0.39 is 0 Å². The van der Waals surface area contributed by atoms with Crippen molar-refractivity contribution in [1.29, 1.82) is 0 Å². The summed E-state index contributed by atoms with van der Waals surface area (Å²) in [5.74, 6) is 0.614. The van der Waals surface area contributed by atoms with Crippen molar-refractivity contribution in [2.75, 3.05) is 57.6 Å². The Morgan fingerprint density at radius 1 is 1.03 bits per heavy atom. The van der Waals surface area contributed by atoms with Crippen molar-refractivity contribution < 1.29 is 4.79 Å². The van der Waals surface area contributed by atoms with Crippen molar-refractivity contribution in [3.8, 4) is 0 Å². The zero-order valence-corrected chi connectivity index (χ0v) is 18.1. The van der Waals surface area contributed by atoms with Crippen LogP contribution in [-0.4, -0.2) is 63.6 Å². The Kier molecular flexibility index (Phi) is 7.09. The minimum atomic E-state index is -0.0753. The van der Waals surface area contributed by atoms with Crippen molar-refractivity contribution in [3.63, 3.8) is 0 Å². The highest BCUT2D eigenvalue weighted by molar-refractivity contribution is 5.98. The fourth-order valence-electron chi connectivity index (χ4n) is 3.90. The number of nitrogens with one attached hydrogen (secondary N) is 1. The van der Waals surface area contributed by atoms with Gasteiger partial charge in [0, 0.05) is 46.6 Å². The zero-order valence-electron chi connectivity index (χ0n) is 18.1. The second-order valence-corrected chi connectivity index (χ2v) is 8.08. The number of amides is 1. The van der Waals surface area contributed by atoms with Crippen LogP contribution >= 0.6 is 0 Å². The van der Waals surface area contributed by atoms with Crippen molar-refractivity contribution in [1.82, 2.24) is 15.2 Å². The van der Waals surface area contributed by atoms with E-state index in [0.717, 1.165) is 13.1 Å². The molecule has 1 atom stereocenters. The van der Waals surface area contributed by atoms with Crippen molar-refractivity contribution in [2.24, 2.45) is 0 Å². The Balaban J connectivity index is 1.77. The number of benzene rings is 1. The average Bonchev–Trinajstić information content (AvgIpc) is 2.74. The molecule has 2 heterocycles. The molecule has 1 fully saturated rings. The van der Waals surface area contributed by atoms with Gasteiger partial charge in [0.25, 0.3) is 5.91 Å². The third kappa shape index (κ3) is 5.26. The maximum atomic E-state index is 12.9. The number of carbonyl (C=O) groups is 1. The molecule has 1 N–H and O–H groups in total. The summed E-state index contributed by atoms with van der Waals surface area (Å²) in [6.07, 6.45) is 5.44. The van der Waals surface area contributed by atoms with Gasteiger partial charge in [-0.3, -0.25) is 9.69 Å². The Morgan fingerprint density at radius 2 is 1.72 bits per heavy atom. The fourth-order valence-corrected chi connectivity index (χ4v) is 3.90. The summed E-state index contributed by atoms with van der Waals surface area (Å²) in [5.41, 5.74) is 3.04. The molecule has 2 aromatic rings. The maximum absolute atomic E-state index is 12.9. The molecule has 1 saturated heterocycles. The first-order valence-electron chi connectivity index (χ1n) is 10.4. The summed E-state index contributed by atoms with van der Waals surface area (Å²) in [5, 5.41) is 3.17. The quantitative estimate of drug-likeness (QED) is 0.780. The predicted molar refractivity (Wildman–Crippen MR) is 120 cm³/mol. The Hall–Kier alpha value is -2.60. The van der Waals surface area contributed by atoms with Crippen molar-refractivity contribution in [2.45, 2.75) is 25.3 Å². The number of likely N-dealkylation sites (tertiary alicyclic amines) is 1. The van der Waals surface area contributed by atoms with Crippen LogP contribution in [0.3, 0.4) is 0 Å². The summed E-state index contributed by atoms with van der Waals surface area (Å²) in [4.78, 5) is 23.8. The summed E-state index contributed by atoms with van der Waals surface area (Å²) < 4.78 is 0. The van der Waals surface area contributed by atoms with Crippen LogP contribution in [0.1, 0.15) is 41.2 Å². The average molecular weight is 396 g/mol. The minimum absolute atomic E-state index is 0.0753. The monoisotopic (exact) mass is 395 g/mol. The van der Waals surface area contributed by atoms with E-state index in [4.69, 9.17) is 0 Å². The molecule has 1 unspecified atom stereocenters. The second kappa shape index (κ2) is 9.74. The number of nitrogens with zero attached hydrogens (tertiary/aromatic N) is 4. The first kappa shape index (κ1) is 21.1. The third-order valence-electron chi connectivity index (χ3n) is 5.54. The van der Waals surface area contributed by atoms with E-state index in [-0.39, 0.29) is 11.9 Å². The van der Waals surface area contributed by atoms with E-state index in [1.165, 1.54) is 30.5 Å². The molecule has 1 aromatic carbocycles. The van der Waals surface area contributed by atoms with Gasteiger partial charge in [-0.2, -0.15) is 0 Å². The molecule has 6 heteroatoms. The van der Waals surface area contributed by atoms with Crippen molar-refractivity contribution in [3.05, 3.63) is 53.7 Å². The van der Waals surface area contributed by atoms with Crippen LogP contribution in [0.2, 0.25) is 0 Å². The van der Waals surface area contributed by atoms with Crippen LogP contribution < -0.4 is 15.1 Å². The van der Waals surface area contributed by atoms with E-state index in [0.29, 0.717) is 17.9 Å². The lowest BCUT2D eigenvalue weighted by Crippen LogP contribution is -2.40. The number of carbonyl (C=O) groups excluding carboxylic acids is 1. The number of hydrogen-bond acceptors (Lipinski definition) is 5. The van der Waals surface area contributed by atoms with Crippen LogP contribution in [0.4, 0.5) is 11.5 Å². The summed E-state index contributed by atoms with van der Waals surface area (Å²) in [6.45, 7) is 2.74. The first-order valence-corrected chi connectivity index (χ1v) is 10.4. The third-order valence-corrected chi connectivity index (χ3v) is 5.54. The number of rotatable bonds is 7. The molecule has 0 saturated carbocycles. The minimum Gasteiger partial charge on any atom is -0.378 e. The molecule has 0 spiro atoms. The topological polar surface area (TPSA) is 51.7 Å². The standard InChI is InChI=1S/C23H33N5O/c1-26(2)19-12-10-18(11-13-19)21(28-15-6-5-7-16-28)17-25-23(29)20-9-8-14-24-22(20)27(3)4/h8-14,21H,5-7,15-17H2,1-4H3,(H,25,29). The normalized spacial score (nSPS) is 15.6. The SMILES string of the molecule is CN(C)c1ccc(C(CNC(=O)c2cccnc2N(C)C)N2CCCCC2)cc1. The molecule has 29 heavy (non-hydrogen) atoms. The van der Waals surface area contributed by atoms with Crippen LogP contribution in [0.5, 0.6) is 0 Å². The lowest BCUT2D eigenvalue weighted by atomic mass is 10.0. The van der Waals surface area contributed by atoms with Crippen molar-refractivity contribution >= 4 is 17.4 Å². The van der Waals surface area contributed by atoms with Crippen LogP contribution in [-0.2, 0) is 0 Å². The number of piperidine rings is 1. The molecule has 0 radical (unpaired) electrons. The van der Waals surface area contributed by atoms with Crippen LogP contribution in [0.15, 0.2) is 42.6 Å². The van der Waals surface area contributed by atoms with Gasteiger partial charge >= 0.3 is 0 Å². The number of pyridine rings is 1. The van der Waals surface area contributed by atoms with Gasteiger partial charge in [-0.15, -0.1) is 0 Å². The largest absolute Gasteiger partial charge is 0.378 e. The first-order chi connectivity index (χ1) is 14.0. The molecule has 0 aliphatic carbocycles. The highest BCUT2D eigenvalue weighted by Crippen LogP contribution is 2.26. The highest BCUT2D eigenvalue weighted by atomic mass is 16.1. The lowest BCUT2D eigenvalue weighted by Gasteiger charge is -2.35. The zero-order chi connectivity index (χ0) is 20.8. The molecule has 1 aliphatic rings. The molecular formula is C23H33N5O. The lowest BCUT2D eigenvalue weighted by molar-refractivity contribution is 0.0924. The van der Waals surface area contributed by atoms with Gasteiger partial charge in [0.05, 0.1) is 11.6 Å². The molecule has 1 aromatic heterocycles. The molecule has 1 aliphatic heterocycles. The smallest absolute Gasteiger partial charge is 0.255 e. The Morgan fingerprint density at radius 3 is 2.34 bits per heavy atom. The van der Waals surface area contributed by atoms with Crippen LogP contribution in [0.25, 0.3) is 0 Å². The summed E-state index contributed by atoms with van der Waals surface area (Å²) >= 11 is 0. The molecule has 0 bridgehead atoms. The van der Waals surface area contributed by atoms with E-state index in [1.54, 1.807) is 6.20 Å². The second-order valence-electron chi connectivity index (χ2n) is 8.08. The van der Waals surface area contributed by atoms with Gasteiger partial charge in [0.15, 0.2) is 0 Å². The van der Waals surface area contributed by atoms with Gasteiger partial charge in [-0.1, -0.05) is 18.6 Å². The number of aromatic nitrogens is 1. The van der Waals surface area contributed by atoms with Gasteiger partial charge in [-0.05, 0) is 55.8 Å². The number of hydrogen-bond donors (Lipinski definition) is 1. The Labute approximate surface area is 174 Å². The van der Waals surface area contributed by atoms with Gasteiger partial charge < -0.3 is 15.1 Å². The Bertz CT molecular complexity index is 797. The summed E-state index contributed by atoms with van der Waals surface area (Å²) in [6, 6.07) is 12.5. The van der Waals surface area contributed by atoms with E-state index in [2.05, 4.69) is 44.4 Å². The summed E-state index contributed by atoms with van der Waals surface area (Å²) in [7, 11) is 7.91. The van der Waals surface area contributed by atoms with E-state index in [9.17, 15) is 4.79 Å². The van der Waals surface area contributed by atoms with E-state index >= 15 is 0 Å². The number of anilines is 2. The fraction of sp³-hybridized carbons (Fsp3) is 0.478. The van der Waals surface area contributed by atoms with Gasteiger partial charge in [0.1, 0.15) is 5.82 Å². The highest BCUT2D eigenvalue weighted by Gasteiger charge is 2.24. The molecule has 3 rings (SSSR count). The van der Waals surface area contributed by atoms with E-state index in [1.807, 2.05) is 45.2 Å². The molecule has 1 amide bonds. The van der Waals surface area contributed by atoms with Crippen LogP contribution in [0, 0.1) is 0 Å². The molecule has 156 valence electrons. The molecular weight excluding hydrogens is 362 g/mol.